The summed E-state index contributed by atoms with van der Waals surface area (Å²) in [5.41, 5.74) is 0.586. The van der Waals surface area contributed by atoms with Crippen molar-refractivity contribution in [3.05, 3.63) is 48.5 Å². The number of nitrogens with one attached hydrogen (secondary N) is 3. The Balaban J connectivity index is 0.00000408. The predicted octanol–water partition coefficient (Wildman–Crippen LogP) is 2.77. The summed E-state index contributed by atoms with van der Waals surface area (Å²) in [6.45, 7) is 3.32. The van der Waals surface area contributed by atoms with Gasteiger partial charge in [0, 0.05) is 31.9 Å². The van der Waals surface area contributed by atoms with Crippen LogP contribution in [-0.4, -0.2) is 68.4 Å². The zero-order valence-corrected chi connectivity index (χ0v) is 19.9. The van der Waals surface area contributed by atoms with Crippen LogP contribution in [0.25, 0.3) is 0 Å². The number of benzene rings is 2. The van der Waals surface area contributed by atoms with Crippen molar-refractivity contribution in [2.75, 3.05) is 51.4 Å². The molecule has 188 valence electrons. The molecule has 0 heterocycles. The first-order valence-electron chi connectivity index (χ1n) is 11.2. The van der Waals surface area contributed by atoms with Gasteiger partial charge in [-0.15, -0.1) is 12.4 Å². The van der Waals surface area contributed by atoms with Crippen LogP contribution in [0.15, 0.2) is 48.5 Å². The van der Waals surface area contributed by atoms with E-state index in [-0.39, 0.29) is 30.8 Å². The molecule has 9 nitrogen and oxygen atoms in total. The Morgan fingerprint density at radius 2 is 1.65 bits per heavy atom. The van der Waals surface area contributed by atoms with Crippen LogP contribution in [0.1, 0.15) is 12.8 Å². The fourth-order valence-electron chi connectivity index (χ4n) is 2.89. The first-order chi connectivity index (χ1) is 16.1. The van der Waals surface area contributed by atoms with Gasteiger partial charge in [0.2, 0.25) is 0 Å². The lowest BCUT2D eigenvalue weighted by molar-refractivity contribution is 0.0926. The Bertz CT molecular complexity index is 834. The van der Waals surface area contributed by atoms with Crippen molar-refractivity contribution < 1.29 is 29.2 Å². The van der Waals surface area contributed by atoms with Gasteiger partial charge in [0.1, 0.15) is 36.6 Å². The third-order valence-electron chi connectivity index (χ3n) is 4.91. The highest BCUT2D eigenvalue weighted by molar-refractivity contribution is 5.89. The number of anilines is 1. The molecule has 34 heavy (non-hydrogen) atoms. The van der Waals surface area contributed by atoms with E-state index < -0.39 is 6.10 Å². The molecule has 1 saturated carbocycles. The number of aromatic hydroxyl groups is 1. The summed E-state index contributed by atoms with van der Waals surface area (Å²) in [4.78, 5) is 11.8. The van der Waals surface area contributed by atoms with E-state index in [1.165, 1.54) is 25.0 Å². The average molecular weight is 496 g/mol. The number of rotatable bonds is 15. The molecule has 1 atom stereocenters. The van der Waals surface area contributed by atoms with Crippen LogP contribution in [0.4, 0.5) is 10.5 Å². The number of aliphatic hydroxyl groups is 1. The van der Waals surface area contributed by atoms with Gasteiger partial charge in [-0.1, -0.05) is 0 Å². The lowest BCUT2D eigenvalue weighted by atomic mass is 10.3. The number of aliphatic hydroxyl groups excluding tert-OH is 1. The van der Waals surface area contributed by atoms with E-state index in [1.807, 2.05) is 12.1 Å². The van der Waals surface area contributed by atoms with Gasteiger partial charge in [0.05, 0.1) is 6.61 Å². The summed E-state index contributed by atoms with van der Waals surface area (Å²) in [6, 6.07) is 13.1. The molecular formula is C24H34ClN3O6. The van der Waals surface area contributed by atoms with E-state index in [0.29, 0.717) is 44.3 Å². The van der Waals surface area contributed by atoms with Gasteiger partial charge < -0.3 is 40.4 Å². The monoisotopic (exact) mass is 495 g/mol. The Kier molecular flexibility index (Phi) is 12.3. The van der Waals surface area contributed by atoms with Crippen molar-refractivity contribution in [3.63, 3.8) is 0 Å². The van der Waals surface area contributed by atoms with Crippen molar-refractivity contribution in [2.45, 2.75) is 18.9 Å². The first-order valence-corrected chi connectivity index (χ1v) is 11.2. The van der Waals surface area contributed by atoms with Crippen LogP contribution in [0, 0.1) is 5.92 Å². The molecule has 10 heteroatoms. The minimum Gasteiger partial charge on any atom is -0.508 e. The summed E-state index contributed by atoms with van der Waals surface area (Å²) in [6.07, 6.45) is 1.88. The number of carbonyl (C=O) groups excluding carboxylic acids is 1. The maximum Gasteiger partial charge on any atom is 0.319 e. The molecule has 0 saturated heterocycles. The summed E-state index contributed by atoms with van der Waals surface area (Å²) in [7, 11) is 0. The van der Waals surface area contributed by atoms with Crippen molar-refractivity contribution in [1.29, 1.82) is 0 Å². The van der Waals surface area contributed by atoms with Crippen LogP contribution < -0.4 is 25.4 Å². The number of amides is 2. The number of phenols is 1. The summed E-state index contributed by atoms with van der Waals surface area (Å²) < 4.78 is 16.8. The van der Waals surface area contributed by atoms with E-state index in [4.69, 9.17) is 14.2 Å². The molecule has 5 N–H and O–H groups in total. The van der Waals surface area contributed by atoms with Gasteiger partial charge in [-0.3, -0.25) is 0 Å². The van der Waals surface area contributed by atoms with Crippen molar-refractivity contribution in [1.82, 2.24) is 10.6 Å². The van der Waals surface area contributed by atoms with Gasteiger partial charge in [0.15, 0.2) is 0 Å². The lowest BCUT2D eigenvalue weighted by Crippen LogP contribution is -2.38. The largest absolute Gasteiger partial charge is 0.508 e. The number of halogens is 1. The van der Waals surface area contributed by atoms with E-state index in [1.54, 1.807) is 24.3 Å². The minimum atomic E-state index is -0.685. The van der Waals surface area contributed by atoms with Crippen LogP contribution in [0.2, 0.25) is 0 Å². The predicted molar refractivity (Wildman–Crippen MR) is 132 cm³/mol. The highest BCUT2D eigenvalue weighted by Crippen LogP contribution is 2.28. The fourth-order valence-corrected chi connectivity index (χ4v) is 2.89. The molecule has 1 aliphatic rings. The smallest absolute Gasteiger partial charge is 0.319 e. The number of carbonyl (C=O) groups is 1. The van der Waals surface area contributed by atoms with Crippen LogP contribution in [-0.2, 0) is 4.74 Å². The molecule has 0 aromatic heterocycles. The van der Waals surface area contributed by atoms with Gasteiger partial charge in [-0.2, -0.15) is 0 Å². The topological polar surface area (TPSA) is 121 Å². The molecule has 1 fully saturated rings. The SMILES string of the molecule is Cl.O=C(NCCNCC(O)COc1ccc(OCCOCC2CC2)cc1)Nc1ccc(O)cc1. The zero-order valence-electron chi connectivity index (χ0n) is 19.1. The number of urea groups is 1. The molecule has 0 aliphatic heterocycles. The number of ether oxygens (including phenoxy) is 3. The average Bonchev–Trinajstić information content (AvgIpc) is 3.64. The molecule has 0 spiro atoms. The van der Waals surface area contributed by atoms with Gasteiger partial charge >= 0.3 is 6.03 Å². The molecule has 0 radical (unpaired) electrons. The highest BCUT2D eigenvalue weighted by atomic mass is 35.5. The van der Waals surface area contributed by atoms with Crippen LogP contribution in [0.3, 0.4) is 0 Å². The second kappa shape index (κ2) is 15.2. The summed E-state index contributed by atoms with van der Waals surface area (Å²) >= 11 is 0. The van der Waals surface area contributed by atoms with Gasteiger partial charge in [0.25, 0.3) is 0 Å². The van der Waals surface area contributed by atoms with E-state index >= 15 is 0 Å². The third kappa shape index (κ3) is 11.4. The normalized spacial score (nSPS) is 13.4. The molecule has 1 aliphatic carbocycles. The maximum absolute atomic E-state index is 11.8. The molecule has 2 amide bonds. The van der Waals surface area contributed by atoms with Crippen molar-refractivity contribution in [2.24, 2.45) is 5.92 Å². The van der Waals surface area contributed by atoms with Crippen LogP contribution >= 0.6 is 12.4 Å². The highest BCUT2D eigenvalue weighted by Gasteiger charge is 2.20. The van der Waals surface area contributed by atoms with E-state index in [0.717, 1.165) is 18.3 Å². The third-order valence-corrected chi connectivity index (χ3v) is 4.91. The van der Waals surface area contributed by atoms with Gasteiger partial charge in [-0.25, -0.2) is 4.79 Å². The van der Waals surface area contributed by atoms with E-state index in [9.17, 15) is 15.0 Å². The number of hydrogen-bond donors (Lipinski definition) is 5. The quantitative estimate of drug-likeness (QED) is 0.190. The summed E-state index contributed by atoms with van der Waals surface area (Å²) in [5, 5.41) is 27.7. The zero-order chi connectivity index (χ0) is 23.3. The molecular weight excluding hydrogens is 462 g/mol. The second-order valence-corrected chi connectivity index (χ2v) is 7.93. The Morgan fingerprint density at radius 1 is 0.971 bits per heavy atom. The fraction of sp³-hybridized carbons (Fsp3) is 0.458. The van der Waals surface area contributed by atoms with Crippen LogP contribution in [0.5, 0.6) is 17.2 Å². The number of phenolic OH excluding ortho intramolecular Hbond substituents is 1. The maximum atomic E-state index is 11.8. The Hall–Kier alpha value is -2.72. The van der Waals surface area contributed by atoms with Gasteiger partial charge in [-0.05, 0) is 67.3 Å². The molecule has 0 bridgehead atoms. The Morgan fingerprint density at radius 3 is 2.32 bits per heavy atom. The van der Waals surface area contributed by atoms with E-state index in [2.05, 4.69) is 16.0 Å². The molecule has 2 aromatic rings. The molecule has 1 unspecified atom stereocenters. The lowest BCUT2D eigenvalue weighted by Gasteiger charge is -2.14. The molecule has 2 aromatic carbocycles. The first kappa shape index (κ1) is 27.5. The number of hydrogen-bond acceptors (Lipinski definition) is 7. The second-order valence-electron chi connectivity index (χ2n) is 7.93. The Labute approximate surface area is 206 Å². The summed E-state index contributed by atoms with van der Waals surface area (Å²) in [5.74, 6) is 2.30. The van der Waals surface area contributed by atoms with Crippen molar-refractivity contribution >= 4 is 24.1 Å². The minimum absolute atomic E-state index is 0. The standard InChI is InChI=1S/C24H33N3O6.ClH/c28-20-5-3-19(4-6-20)27-24(30)26-12-11-25-15-21(29)17-33-23-9-7-22(8-10-23)32-14-13-31-16-18-1-2-18;/h3-10,18,21,25,28-29H,1-2,11-17H2,(H2,26,27,30);1H. The molecule has 3 rings (SSSR count). The van der Waals surface area contributed by atoms with Crippen molar-refractivity contribution in [3.8, 4) is 17.2 Å².